The standard InChI is InChI=1S/C17H16BrF3N2O2S/c18-13-4-3-5-14(11-13)26(24,25)22-15-10-12(17(19,20)21)6-7-16(15)23-8-1-2-9-23/h3-7,10-11,22H,1-2,8-9H2. The fourth-order valence-corrected chi connectivity index (χ4v) is 4.53. The highest BCUT2D eigenvalue weighted by Crippen LogP contribution is 2.37. The zero-order chi connectivity index (χ0) is 18.9. The maximum Gasteiger partial charge on any atom is 0.416 e. The Morgan fingerprint density at radius 3 is 2.35 bits per heavy atom. The molecule has 2 aromatic rings. The van der Waals surface area contributed by atoms with E-state index >= 15 is 0 Å². The van der Waals surface area contributed by atoms with E-state index in [0.29, 0.717) is 23.2 Å². The van der Waals surface area contributed by atoms with Gasteiger partial charge in [-0.2, -0.15) is 13.2 Å². The monoisotopic (exact) mass is 448 g/mol. The number of nitrogens with zero attached hydrogens (tertiary/aromatic N) is 1. The van der Waals surface area contributed by atoms with E-state index in [9.17, 15) is 21.6 Å². The third-order valence-corrected chi connectivity index (χ3v) is 5.98. The Hall–Kier alpha value is -1.74. The fraction of sp³-hybridized carbons (Fsp3) is 0.294. The number of halogens is 4. The zero-order valence-electron chi connectivity index (χ0n) is 13.6. The van der Waals surface area contributed by atoms with Crippen LogP contribution in [0.1, 0.15) is 18.4 Å². The number of sulfonamides is 1. The van der Waals surface area contributed by atoms with Crippen LogP contribution in [0.3, 0.4) is 0 Å². The molecule has 1 aliphatic heterocycles. The van der Waals surface area contributed by atoms with E-state index in [-0.39, 0.29) is 10.6 Å². The lowest BCUT2D eigenvalue weighted by atomic mass is 10.1. The molecule has 0 saturated carbocycles. The molecule has 1 aliphatic rings. The van der Waals surface area contributed by atoms with Crippen molar-refractivity contribution in [1.29, 1.82) is 0 Å². The van der Waals surface area contributed by atoms with Crippen LogP contribution in [-0.2, 0) is 16.2 Å². The van der Waals surface area contributed by atoms with Gasteiger partial charge in [-0.25, -0.2) is 8.42 Å². The third-order valence-electron chi connectivity index (χ3n) is 4.12. The summed E-state index contributed by atoms with van der Waals surface area (Å²) in [4.78, 5) is 1.86. The van der Waals surface area contributed by atoms with Crippen molar-refractivity contribution >= 4 is 37.3 Å². The van der Waals surface area contributed by atoms with Crippen LogP contribution >= 0.6 is 15.9 Å². The first-order valence-corrected chi connectivity index (χ1v) is 10.2. The highest BCUT2D eigenvalue weighted by molar-refractivity contribution is 9.10. The van der Waals surface area contributed by atoms with Crippen molar-refractivity contribution in [2.75, 3.05) is 22.7 Å². The van der Waals surface area contributed by atoms with Gasteiger partial charge < -0.3 is 4.90 Å². The van der Waals surface area contributed by atoms with Crippen LogP contribution in [0.25, 0.3) is 0 Å². The van der Waals surface area contributed by atoms with Crippen molar-refractivity contribution in [3.63, 3.8) is 0 Å². The van der Waals surface area contributed by atoms with Crippen LogP contribution in [0.2, 0.25) is 0 Å². The minimum Gasteiger partial charge on any atom is -0.370 e. The topological polar surface area (TPSA) is 49.4 Å². The van der Waals surface area contributed by atoms with Crippen LogP contribution in [0.15, 0.2) is 51.8 Å². The Labute approximate surface area is 158 Å². The lowest BCUT2D eigenvalue weighted by Gasteiger charge is -2.23. The molecule has 1 N–H and O–H groups in total. The van der Waals surface area contributed by atoms with Gasteiger partial charge >= 0.3 is 6.18 Å². The molecule has 140 valence electrons. The summed E-state index contributed by atoms with van der Waals surface area (Å²) in [6, 6.07) is 9.15. The number of anilines is 2. The van der Waals surface area contributed by atoms with E-state index < -0.39 is 21.8 Å². The van der Waals surface area contributed by atoms with Crippen molar-refractivity contribution in [3.05, 3.63) is 52.5 Å². The first-order valence-electron chi connectivity index (χ1n) is 7.91. The summed E-state index contributed by atoms with van der Waals surface area (Å²) in [5.74, 6) is 0. The highest BCUT2D eigenvalue weighted by Gasteiger charge is 2.32. The van der Waals surface area contributed by atoms with E-state index in [1.165, 1.54) is 18.2 Å². The smallest absolute Gasteiger partial charge is 0.370 e. The molecule has 26 heavy (non-hydrogen) atoms. The van der Waals surface area contributed by atoms with Crippen LogP contribution in [0.4, 0.5) is 24.5 Å². The van der Waals surface area contributed by atoms with Gasteiger partial charge in [-0.05, 0) is 49.2 Å². The maximum absolute atomic E-state index is 13.1. The zero-order valence-corrected chi connectivity index (χ0v) is 16.0. The van der Waals surface area contributed by atoms with Crippen molar-refractivity contribution in [3.8, 4) is 0 Å². The normalized spacial score (nSPS) is 15.3. The van der Waals surface area contributed by atoms with Gasteiger partial charge in [0, 0.05) is 17.6 Å². The van der Waals surface area contributed by atoms with Gasteiger partial charge in [-0.15, -0.1) is 0 Å². The number of hydrogen-bond donors (Lipinski definition) is 1. The first kappa shape index (κ1) is 19.0. The minimum absolute atomic E-state index is 0.0309. The molecule has 3 rings (SSSR count). The molecule has 1 heterocycles. The first-order chi connectivity index (χ1) is 12.2. The average Bonchev–Trinajstić information content (AvgIpc) is 3.08. The number of nitrogens with one attached hydrogen (secondary N) is 1. The van der Waals surface area contributed by atoms with E-state index in [1.54, 1.807) is 12.1 Å². The molecule has 0 aromatic heterocycles. The second-order valence-electron chi connectivity index (χ2n) is 5.99. The second-order valence-corrected chi connectivity index (χ2v) is 8.58. The number of hydrogen-bond acceptors (Lipinski definition) is 3. The molecule has 0 atom stereocenters. The van der Waals surface area contributed by atoms with Gasteiger partial charge in [0.15, 0.2) is 0 Å². The van der Waals surface area contributed by atoms with Crippen molar-refractivity contribution in [2.24, 2.45) is 0 Å². The fourth-order valence-electron chi connectivity index (χ4n) is 2.87. The molecule has 0 radical (unpaired) electrons. The summed E-state index contributed by atoms with van der Waals surface area (Å²) in [7, 11) is -4.02. The molecular formula is C17H16BrF3N2O2S. The summed E-state index contributed by atoms with van der Waals surface area (Å²) < 4.78 is 67.5. The van der Waals surface area contributed by atoms with Gasteiger partial charge in [-0.3, -0.25) is 4.72 Å². The van der Waals surface area contributed by atoms with Gasteiger partial charge in [0.1, 0.15) is 0 Å². The van der Waals surface area contributed by atoms with Gasteiger partial charge in [0.25, 0.3) is 10.0 Å². The van der Waals surface area contributed by atoms with Gasteiger partial charge in [0.05, 0.1) is 21.8 Å². The number of alkyl halides is 3. The Kier molecular flexibility index (Phi) is 5.21. The summed E-state index contributed by atoms with van der Waals surface area (Å²) in [6.45, 7) is 1.36. The minimum atomic E-state index is -4.56. The second kappa shape index (κ2) is 7.11. The van der Waals surface area contributed by atoms with Crippen LogP contribution < -0.4 is 9.62 Å². The Morgan fingerprint density at radius 2 is 1.73 bits per heavy atom. The quantitative estimate of drug-likeness (QED) is 0.725. The van der Waals surface area contributed by atoms with Crippen molar-refractivity contribution in [2.45, 2.75) is 23.9 Å². The maximum atomic E-state index is 13.1. The molecule has 9 heteroatoms. The predicted molar refractivity (Wildman–Crippen MR) is 97.8 cm³/mol. The molecule has 4 nitrogen and oxygen atoms in total. The van der Waals surface area contributed by atoms with E-state index in [4.69, 9.17) is 0 Å². The van der Waals surface area contributed by atoms with Crippen LogP contribution in [-0.4, -0.2) is 21.5 Å². The van der Waals surface area contributed by atoms with Crippen LogP contribution in [0.5, 0.6) is 0 Å². The molecule has 0 spiro atoms. The summed E-state index contributed by atoms with van der Waals surface area (Å²) in [6.07, 6.45) is -2.73. The lowest BCUT2D eigenvalue weighted by Crippen LogP contribution is -2.22. The molecule has 0 bridgehead atoms. The molecular weight excluding hydrogens is 433 g/mol. The summed E-state index contributed by atoms with van der Waals surface area (Å²) in [5.41, 5.74) is -0.511. The van der Waals surface area contributed by atoms with Gasteiger partial charge in [0.2, 0.25) is 0 Å². The molecule has 0 amide bonds. The van der Waals surface area contributed by atoms with Gasteiger partial charge in [-0.1, -0.05) is 22.0 Å². The van der Waals surface area contributed by atoms with Crippen LogP contribution in [0, 0.1) is 0 Å². The van der Waals surface area contributed by atoms with E-state index in [2.05, 4.69) is 20.7 Å². The molecule has 1 saturated heterocycles. The summed E-state index contributed by atoms with van der Waals surface area (Å²) in [5, 5.41) is 0. The third kappa shape index (κ3) is 4.15. The molecule has 1 fully saturated rings. The molecule has 0 unspecified atom stereocenters. The SMILES string of the molecule is O=S(=O)(Nc1cc(C(F)(F)F)ccc1N1CCCC1)c1cccc(Br)c1. The largest absolute Gasteiger partial charge is 0.416 e. The van der Waals surface area contributed by atoms with E-state index in [1.807, 2.05) is 4.90 Å². The number of benzene rings is 2. The predicted octanol–water partition coefficient (Wildman–Crippen LogP) is 4.87. The highest BCUT2D eigenvalue weighted by atomic mass is 79.9. The molecule has 2 aromatic carbocycles. The van der Waals surface area contributed by atoms with Crippen molar-refractivity contribution < 1.29 is 21.6 Å². The van der Waals surface area contributed by atoms with Crippen molar-refractivity contribution in [1.82, 2.24) is 0 Å². The lowest BCUT2D eigenvalue weighted by molar-refractivity contribution is -0.137. The Balaban J connectivity index is 2.03. The number of rotatable bonds is 4. The van der Waals surface area contributed by atoms with E-state index in [0.717, 1.165) is 25.0 Å². The Bertz CT molecular complexity index is 910. The molecule has 0 aliphatic carbocycles. The average molecular weight is 449 g/mol. The summed E-state index contributed by atoms with van der Waals surface area (Å²) >= 11 is 3.20. The Morgan fingerprint density at radius 1 is 1.04 bits per heavy atom.